The lowest BCUT2D eigenvalue weighted by molar-refractivity contribution is -0.136. The largest absolute Gasteiger partial charge is 0.481 e. The number of phosphoric ester groups is 1. The molecule has 1 fully saturated rings. The lowest BCUT2D eigenvalue weighted by Crippen LogP contribution is -2.42. The molecule has 4 rings (SSSR count). The number of benzene rings is 2. The van der Waals surface area contributed by atoms with E-state index >= 15 is 0 Å². The highest BCUT2D eigenvalue weighted by Crippen LogP contribution is 2.60. The molecule has 45 heavy (non-hydrogen) atoms. The van der Waals surface area contributed by atoms with Crippen molar-refractivity contribution < 1.29 is 61.5 Å². The summed E-state index contributed by atoms with van der Waals surface area (Å²) in [5.41, 5.74) is -1.68. The van der Waals surface area contributed by atoms with Gasteiger partial charge in [-0.1, -0.05) is 36.4 Å². The van der Waals surface area contributed by atoms with Gasteiger partial charge in [0.15, 0.2) is 18.4 Å². The van der Waals surface area contributed by atoms with E-state index in [1.54, 1.807) is 24.3 Å². The standard InChI is InChI=1S/C26H26N2O15P2/c29-19-11-13-28(26(34)27-19)23-22(42-25(33)17-9-5-2-6-10-17)21(41-24(32)16-7-3-1-4-8-16)18(40-23)15-39-45(37,38)43-44(35,36)14-12-20(30)31/h1-11,13,18,21-23H,12,14-15H2,(H,30,31)(H,35,36)(H,37,38)(H,27,29,34). The second kappa shape index (κ2) is 14.3. The first-order chi connectivity index (χ1) is 21.2. The number of phosphoric acid groups is 1. The van der Waals surface area contributed by atoms with Crippen LogP contribution in [0.1, 0.15) is 33.4 Å². The Bertz CT molecular complexity index is 1740. The van der Waals surface area contributed by atoms with Crippen molar-refractivity contribution in [3.05, 3.63) is 105 Å². The molecule has 6 unspecified atom stereocenters. The predicted octanol–water partition coefficient (Wildman–Crippen LogP) is 1.68. The van der Waals surface area contributed by atoms with Gasteiger partial charge in [-0.3, -0.25) is 28.2 Å². The van der Waals surface area contributed by atoms with Crippen LogP contribution in [0.2, 0.25) is 0 Å². The minimum Gasteiger partial charge on any atom is -0.481 e. The Morgan fingerprint density at radius 2 is 1.42 bits per heavy atom. The fraction of sp³-hybridized carbons (Fsp3) is 0.269. The van der Waals surface area contributed by atoms with Crippen LogP contribution in [0, 0.1) is 0 Å². The van der Waals surface area contributed by atoms with Crippen LogP contribution in [0.4, 0.5) is 0 Å². The number of carbonyl (C=O) groups excluding carboxylic acids is 2. The topological polar surface area (TPSA) is 247 Å². The molecule has 0 radical (unpaired) electrons. The van der Waals surface area contributed by atoms with Gasteiger partial charge in [0.2, 0.25) is 0 Å². The van der Waals surface area contributed by atoms with E-state index in [1.807, 2.05) is 4.98 Å². The molecule has 17 nitrogen and oxygen atoms in total. The van der Waals surface area contributed by atoms with Gasteiger partial charge >= 0.3 is 39.0 Å². The number of hydrogen-bond acceptors (Lipinski definition) is 12. The van der Waals surface area contributed by atoms with Crippen molar-refractivity contribution in [1.29, 1.82) is 0 Å². The number of aromatic amines is 1. The van der Waals surface area contributed by atoms with Crippen LogP contribution in [0.25, 0.3) is 0 Å². The van der Waals surface area contributed by atoms with Gasteiger partial charge in [-0.15, -0.1) is 0 Å². The smallest absolute Gasteiger partial charge is 0.479 e. The summed E-state index contributed by atoms with van der Waals surface area (Å²) in [4.78, 5) is 83.3. The maximum atomic E-state index is 13.1. The number of aliphatic carboxylic acids is 1. The maximum Gasteiger partial charge on any atom is 0.479 e. The number of nitrogens with one attached hydrogen (secondary N) is 1. The fourth-order valence-corrected chi connectivity index (χ4v) is 6.74. The van der Waals surface area contributed by atoms with Crippen molar-refractivity contribution in [2.45, 2.75) is 31.0 Å². The third-order valence-corrected chi connectivity index (χ3v) is 9.27. The highest BCUT2D eigenvalue weighted by Gasteiger charge is 2.52. The number of nitrogens with zero attached hydrogens (tertiary/aromatic N) is 1. The summed E-state index contributed by atoms with van der Waals surface area (Å²) in [6, 6.07) is 16.0. The zero-order valence-electron chi connectivity index (χ0n) is 22.9. The van der Waals surface area contributed by atoms with Crippen molar-refractivity contribution >= 4 is 33.3 Å². The number of aromatic nitrogens is 2. The first-order valence-corrected chi connectivity index (χ1v) is 16.2. The lowest BCUT2D eigenvalue weighted by Gasteiger charge is -2.25. The number of hydrogen-bond donors (Lipinski definition) is 4. The Kier molecular flexibility index (Phi) is 10.7. The quantitative estimate of drug-likeness (QED) is 0.149. The average molecular weight is 668 g/mol. The van der Waals surface area contributed by atoms with Crippen molar-refractivity contribution in [3.8, 4) is 0 Å². The van der Waals surface area contributed by atoms with Crippen molar-refractivity contribution in [1.82, 2.24) is 9.55 Å². The summed E-state index contributed by atoms with van der Waals surface area (Å²) in [6.45, 7) is -1.01. The fourth-order valence-electron chi connectivity index (χ4n) is 4.12. The molecule has 1 aromatic heterocycles. The van der Waals surface area contributed by atoms with Gasteiger partial charge in [-0.2, -0.15) is 0 Å². The summed E-state index contributed by atoms with van der Waals surface area (Å²) >= 11 is 0. The summed E-state index contributed by atoms with van der Waals surface area (Å²) in [6.07, 6.45) is -7.36. The van der Waals surface area contributed by atoms with E-state index in [-0.39, 0.29) is 11.1 Å². The van der Waals surface area contributed by atoms with Gasteiger partial charge in [-0.25, -0.2) is 23.3 Å². The maximum absolute atomic E-state index is 13.1. The Morgan fingerprint density at radius 3 is 1.96 bits per heavy atom. The first-order valence-electron chi connectivity index (χ1n) is 13.0. The summed E-state index contributed by atoms with van der Waals surface area (Å²) in [5, 5.41) is 8.73. The summed E-state index contributed by atoms with van der Waals surface area (Å²) in [7, 11) is -10.3. The molecule has 19 heteroatoms. The molecule has 1 aliphatic heterocycles. The molecule has 240 valence electrons. The second-order valence-corrected chi connectivity index (χ2v) is 13.0. The molecule has 1 aliphatic rings. The summed E-state index contributed by atoms with van der Waals surface area (Å²) in [5.74, 6) is -3.37. The number of H-pyrrole nitrogens is 1. The van der Waals surface area contributed by atoms with Gasteiger partial charge in [0.1, 0.15) is 6.10 Å². The van der Waals surface area contributed by atoms with E-state index in [1.165, 1.54) is 36.4 Å². The van der Waals surface area contributed by atoms with E-state index in [9.17, 15) is 42.9 Å². The number of carbonyl (C=O) groups is 3. The van der Waals surface area contributed by atoms with Crippen LogP contribution in [0.5, 0.6) is 0 Å². The van der Waals surface area contributed by atoms with Crippen LogP contribution in [0.15, 0.2) is 82.5 Å². The molecule has 0 aliphatic carbocycles. The summed E-state index contributed by atoms with van der Waals surface area (Å²) < 4.78 is 51.8. The molecule has 4 N–H and O–H groups in total. The second-order valence-electron chi connectivity index (χ2n) is 9.41. The highest BCUT2D eigenvalue weighted by molar-refractivity contribution is 7.64. The molecule has 6 atom stereocenters. The Morgan fingerprint density at radius 1 is 0.867 bits per heavy atom. The van der Waals surface area contributed by atoms with Gasteiger partial charge in [0, 0.05) is 12.3 Å². The number of rotatable bonds is 13. The third kappa shape index (κ3) is 9.15. The van der Waals surface area contributed by atoms with Crippen LogP contribution in [-0.4, -0.2) is 73.4 Å². The number of ether oxygens (including phenoxy) is 3. The van der Waals surface area contributed by atoms with Crippen LogP contribution in [-0.2, 0) is 37.0 Å². The molecule has 1 saturated heterocycles. The van der Waals surface area contributed by atoms with Crippen molar-refractivity contribution in [3.63, 3.8) is 0 Å². The zero-order valence-corrected chi connectivity index (χ0v) is 24.7. The third-order valence-electron chi connectivity index (χ3n) is 6.16. The lowest BCUT2D eigenvalue weighted by atomic mass is 10.1. The van der Waals surface area contributed by atoms with Gasteiger partial charge in [0.05, 0.1) is 30.3 Å². The van der Waals surface area contributed by atoms with Gasteiger partial charge in [0.25, 0.3) is 5.56 Å². The van der Waals surface area contributed by atoms with Gasteiger partial charge < -0.3 is 29.1 Å². The minimum absolute atomic E-state index is 0.0470. The van der Waals surface area contributed by atoms with E-state index in [0.717, 1.165) is 16.8 Å². The number of carboxylic acids is 1. The Labute approximate surface area is 253 Å². The molecule has 2 heterocycles. The predicted molar refractivity (Wildman–Crippen MR) is 150 cm³/mol. The van der Waals surface area contributed by atoms with E-state index in [0.29, 0.717) is 0 Å². The average Bonchev–Trinajstić information content (AvgIpc) is 3.31. The molecule has 3 aromatic rings. The Hall–Kier alpha value is -4.21. The van der Waals surface area contributed by atoms with E-state index < -0.39 is 88.3 Å². The molecular weight excluding hydrogens is 642 g/mol. The minimum atomic E-state index is -5.40. The first kappa shape index (κ1) is 33.7. The zero-order chi connectivity index (χ0) is 32.8. The monoisotopic (exact) mass is 668 g/mol. The van der Waals surface area contributed by atoms with Crippen LogP contribution >= 0.6 is 15.4 Å². The van der Waals surface area contributed by atoms with E-state index in [2.05, 4.69) is 4.31 Å². The number of carboxylic acid groups (broad SMARTS) is 1. The highest BCUT2D eigenvalue weighted by atomic mass is 31.3. The molecule has 0 bridgehead atoms. The van der Waals surface area contributed by atoms with Gasteiger partial charge in [-0.05, 0) is 24.3 Å². The SMILES string of the molecule is O=C(O)CCP(=O)(O)OP(=O)(O)OCC1OC(n2ccc(=O)[nH]c2=O)C(OC(=O)c2ccccc2)C1OC(=O)c1ccccc1. The number of esters is 2. The van der Waals surface area contributed by atoms with E-state index in [4.69, 9.17) is 23.8 Å². The van der Waals surface area contributed by atoms with Crippen molar-refractivity contribution in [2.75, 3.05) is 12.8 Å². The molecule has 2 aromatic carbocycles. The Balaban J connectivity index is 1.68. The molecule has 0 amide bonds. The normalized spacial score (nSPS) is 22.1. The molecular formula is C26H26N2O15P2. The van der Waals surface area contributed by atoms with Crippen molar-refractivity contribution in [2.24, 2.45) is 0 Å². The molecule has 0 saturated carbocycles. The van der Waals surface area contributed by atoms with Crippen LogP contribution < -0.4 is 11.2 Å². The van der Waals surface area contributed by atoms with Crippen LogP contribution in [0.3, 0.4) is 0 Å². The molecule has 0 spiro atoms.